The Bertz CT molecular complexity index is 391. The Kier molecular flexibility index (Phi) is 4.32. The number of hydrogen-bond donors (Lipinski definition) is 1. The van der Waals surface area contributed by atoms with Crippen LogP contribution in [-0.4, -0.2) is 12.5 Å². The van der Waals surface area contributed by atoms with Crippen molar-refractivity contribution in [3.8, 4) is 0 Å². The number of hydrogen-bond acceptors (Lipinski definition) is 1. The first kappa shape index (κ1) is 14.2. The fourth-order valence-corrected chi connectivity index (χ4v) is 1.61. The number of benzene rings is 1. The lowest BCUT2D eigenvalue weighted by Gasteiger charge is -2.17. The lowest BCUT2D eigenvalue weighted by atomic mass is 10.0. The fraction of sp³-hybridized carbons (Fsp3) is 0.400. The van der Waals surface area contributed by atoms with E-state index in [1.165, 1.54) is 6.07 Å². The first-order valence-corrected chi connectivity index (χ1v) is 4.99. The molecule has 1 nitrogen and oxygen atoms in total. The van der Waals surface area contributed by atoms with Crippen molar-refractivity contribution in [2.24, 2.45) is 5.73 Å². The monoisotopic (exact) mass is 273 g/mol. The van der Waals surface area contributed by atoms with Crippen molar-refractivity contribution in [1.29, 1.82) is 0 Å². The fourth-order valence-electron chi connectivity index (χ4n) is 1.36. The minimum atomic E-state index is -4.64. The molecule has 2 N–H and O–H groups in total. The highest BCUT2D eigenvalue weighted by molar-refractivity contribution is 6.31. The van der Waals surface area contributed by atoms with Crippen LogP contribution >= 0.6 is 11.6 Å². The van der Waals surface area contributed by atoms with Gasteiger partial charge in [0.15, 0.2) is 0 Å². The quantitative estimate of drug-likeness (QED) is 0.838. The van der Waals surface area contributed by atoms with Crippen molar-refractivity contribution in [2.75, 3.05) is 0 Å². The summed E-state index contributed by atoms with van der Waals surface area (Å²) in [5, 5.41) is -0.212. The first-order chi connectivity index (χ1) is 7.73. The highest BCUT2D eigenvalue weighted by atomic mass is 35.5. The SMILES string of the molecule is NC(Cc1c(Cl)cccc1C(F)(F)F)C(F)F. The minimum absolute atomic E-state index is 0.212. The van der Waals surface area contributed by atoms with Crippen LogP contribution in [0.3, 0.4) is 0 Å². The Hall–Kier alpha value is -0.880. The number of nitrogens with two attached hydrogens (primary N) is 1. The van der Waals surface area contributed by atoms with Gasteiger partial charge in [0.05, 0.1) is 11.6 Å². The van der Waals surface area contributed by atoms with E-state index in [1.54, 1.807) is 0 Å². The molecule has 1 aromatic carbocycles. The average Bonchev–Trinajstić information content (AvgIpc) is 2.18. The topological polar surface area (TPSA) is 26.0 Å². The molecule has 0 bridgehead atoms. The van der Waals surface area contributed by atoms with Gasteiger partial charge >= 0.3 is 6.18 Å². The van der Waals surface area contributed by atoms with E-state index in [4.69, 9.17) is 17.3 Å². The van der Waals surface area contributed by atoms with E-state index in [0.717, 1.165) is 12.1 Å². The highest BCUT2D eigenvalue weighted by Crippen LogP contribution is 2.35. The van der Waals surface area contributed by atoms with Gasteiger partial charge in [0.1, 0.15) is 0 Å². The van der Waals surface area contributed by atoms with Crippen molar-refractivity contribution in [3.63, 3.8) is 0 Å². The Morgan fingerprint density at radius 1 is 1.24 bits per heavy atom. The molecule has 0 spiro atoms. The summed E-state index contributed by atoms with van der Waals surface area (Å²) in [6.45, 7) is 0. The van der Waals surface area contributed by atoms with Crippen LogP contribution in [0.15, 0.2) is 18.2 Å². The normalized spacial score (nSPS) is 14.1. The van der Waals surface area contributed by atoms with Gasteiger partial charge in [-0.3, -0.25) is 0 Å². The molecule has 0 fully saturated rings. The standard InChI is InChI=1S/C10H9ClF5N/c11-7-3-1-2-6(10(14,15)16)5(7)4-8(17)9(12)13/h1-3,8-9H,4,17H2. The number of halogens is 6. The molecular weight excluding hydrogens is 265 g/mol. The van der Waals surface area contributed by atoms with E-state index >= 15 is 0 Å². The van der Waals surface area contributed by atoms with Crippen LogP contribution < -0.4 is 5.73 Å². The molecule has 0 aliphatic heterocycles. The second kappa shape index (κ2) is 5.18. The van der Waals surface area contributed by atoms with E-state index in [-0.39, 0.29) is 5.02 Å². The summed E-state index contributed by atoms with van der Waals surface area (Å²) in [5.74, 6) is 0. The molecule has 1 aromatic rings. The molecule has 1 rings (SSSR count). The van der Waals surface area contributed by atoms with E-state index in [0.29, 0.717) is 0 Å². The Balaban J connectivity index is 3.13. The molecule has 1 unspecified atom stereocenters. The maximum Gasteiger partial charge on any atom is 0.416 e. The van der Waals surface area contributed by atoms with Crippen molar-refractivity contribution < 1.29 is 22.0 Å². The van der Waals surface area contributed by atoms with Gasteiger partial charge in [0.25, 0.3) is 6.43 Å². The molecule has 1 atom stereocenters. The minimum Gasteiger partial charge on any atom is -0.323 e. The van der Waals surface area contributed by atoms with Crippen molar-refractivity contribution in [2.45, 2.75) is 25.1 Å². The van der Waals surface area contributed by atoms with Gasteiger partial charge in [-0.1, -0.05) is 17.7 Å². The van der Waals surface area contributed by atoms with Gasteiger partial charge in [0.2, 0.25) is 0 Å². The smallest absolute Gasteiger partial charge is 0.323 e. The molecule has 0 aliphatic carbocycles. The zero-order valence-corrected chi connectivity index (χ0v) is 9.19. The van der Waals surface area contributed by atoms with Crippen LogP contribution in [0, 0.1) is 0 Å². The molecule has 0 amide bonds. The summed E-state index contributed by atoms with van der Waals surface area (Å²) in [7, 11) is 0. The summed E-state index contributed by atoms with van der Waals surface area (Å²) in [5.41, 5.74) is 3.63. The predicted molar refractivity (Wildman–Crippen MR) is 54.1 cm³/mol. The molecular formula is C10H9ClF5N. The van der Waals surface area contributed by atoms with Gasteiger partial charge < -0.3 is 5.73 Å². The van der Waals surface area contributed by atoms with Gasteiger partial charge in [-0.05, 0) is 24.1 Å². The molecule has 7 heteroatoms. The van der Waals surface area contributed by atoms with Crippen LogP contribution in [0.5, 0.6) is 0 Å². The van der Waals surface area contributed by atoms with Gasteiger partial charge in [-0.25, -0.2) is 8.78 Å². The van der Waals surface area contributed by atoms with E-state index in [2.05, 4.69) is 0 Å². The summed E-state index contributed by atoms with van der Waals surface area (Å²) in [4.78, 5) is 0. The first-order valence-electron chi connectivity index (χ1n) is 4.61. The summed E-state index contributed by atoms with van der Waals surface area (Å²) >= 11 is 5.58. The second-order valence-corrected chi connectivity index (χ2v) is 3.87. The van der Waals surface area contributed by atoms with E-state index < -0.39 is 36.2 Å². The van der Waals surface area contributed by atoms with Crippen LogP contribution in [0.4, 0.5) is 22.0 Å². The molecule has 0 aliphatic rings. The predicted octanol–water partition coefficient (Wildman–Crippen LogP) is 3.49. The molecule has 0 saturated heterocycles. The number of alkyl halides is 5. The largest absolute Gasteiger partial charge is 0.416 e. The zero-order chi connectivity index (χ0) is 13.2. The molecule has 96 valence electrons. The van der Waals surface area contributed by atoms with Crippen LogP contribution in [0.2, 0.25) is 5.02 Å². The Labute approximate surface area is 99.4 Å². The third-order valence-electron chi connectivity index (χ3n) is 2.19. The summed E-state index contributed by atoms with van der Waals surface area (Å²) in [6, 6.07) is 1.45. The molecule has 0 radical (unpaired) electrons. The third-order valence-corrected chi connectivity index (χ3v) is 2.54. The molecule has 0 saturated carbocycles. The van der Waals surface area contributed by atoms with Gasteiger partial charge in [-0.15, -0.1) is 0 Å². The summed E-state index contributed by atoms with van der Waals surface area (Å²) < 4.78 is 62.2. The zero-order valence-electron chi connectivity index (χ0n) is 8.44. The van der Waals surface area contributed by atoms with Crippen LogP contribution in [-0.2, 0) is 12.6 Å². The lowest BCUT2D eigenvalue weighted by Crippen LogP contribution is -2.32. The average molecular weight is 274 g/mol. The van der Waals surface area contributed by atoms with E-state index in [1.807, 2.05) is 0 Å². The lowest BCUT2D eigenvalue weighted by molar-refractivity contribution is -0.138. The maximum atomic E-state index is 12.6. The van der Waals surface area contributed by atoms with Crippen LogP contribution in [0.1, 0.15) is 11.1 Å². The Morgan fingerprint density at radius 2 is 1.82 bits per heavy atom. The molecule has 0 aromatic heterocycles. The van der Waals surface area contributed by atoms with Crippen molar-refractivity contribution in [1.82, 2.24) is 0 Å². The maximum absolute atomic E-state index is 12.6. The Morgan fingerprint density at radius 3 is 2.29 bits per heavy atom. The van der Waals surface area contributed by atoms with Crippen molar-refractivity contribution in [3.05, 3.63) is 34.3 Å². The van der Waals surface area contributed by atoms with Gasteiger partial charge in [-0.2, -0.15) is 13.2 Å². The number of rotatable bonds is 3. The molecule has 0 heterocycles. The second-order valence-electron chi connectivity index (χ2n) is 3.47. The molecule has 17 heavy (non-hydrogen) atoms. The summed E-state index contributed by atoms with van der Waals surface area (Å²) in [6.07, 6.45) is -8.15. The highest BCUT2D eigenvalue weighted by Gasteiger charge is 2.35. The third kappa shape index (κ3) is 3.54. The van der Waals surface area contributed by atoms with E-state index in [9.17, 15) is 22.0 Å². The van der Waals surface area contributed by atoms with Crippen molar-refractivity contribution >= 4 is 11.6 Å². The van der Waals surface area contributed by atoms with Gasteiger partial charge in [0, 0.05) is 5.02 Å². The van der Waals surface area contributed by atoms with Crippen LogP contribution in [0.25, 0.3) is 0 Å².